The molecule has 3 rings (SSSR count). The smallest absolute Gasteiger partial charge is 0.191 e. The maximum absolute atomic E-state index is 13.9. The first-order valence-electron chi connectivity index (χ1n) is 9.89. The summed E-state index contributed by atoms with van der Waals surface area (Å²) in [7, 11) is 0. The number of nitrogens with zero attached hydrogens (tertiary/aromatic N) is 1. The number of hydrogen-bond acceptors (Lipinski definition) is 3. The van der Waals surface area contributed by atoms with Crippen molar-refractivity contribution in [1.29, 1.82) is 0 Å². The fourth-order valence-electron chi connectivity index (χ4n) is 3.28. The van der Waals surface area contributed by atoms with Gasteiger partial charge in [0.25, 0.3) is 0 Å². The molecule has 0 bridgehead atoms. The second kappa shape index (κ2) is 10.1. The van der Waals surface area contributed by atoms with Crippen LogP contribution in [0, 0.1) is 5.82 Å². The molecular formula is C22H28FN3O2. The Balaban J connectivity index is 1.69. The van der Waals surface area contributed by atoms with E-state index in [2.05, 4.69) is 15.6 Å². The number of ether oxygens (including phenoxy) is 1. The van der Waals surface area contributed by atoms with Crippen molar-refractivity contribution in [3.05, 3.63) is 59.9 Å². The number of para-hydroxylation sites is 2. The van der Waals surface area contributed by atoms with Crippen LogP contribution < -0.4 is 15.4 Å². The van der Waals surface area contributed by atoms with Crippen LogP contribution in [-0.2, 0) is 6.54 Å². The molecule has 1 aliphatic carbocycles. The SMILES string of the molecule is CCNC(=NCc1ccccc1Oc1ccccc1F)NC1CCC(O)CC1. The summed E-state index contributed by atoms with van der Waals surface area (Å²) >= 11 is 0. The van der Waals surface area contributed by atoms with Crippen LogP contribution in [0.25, 0.3) is 0 Å². The number of hydrogen-bond donors (Lipinski definition) is 3. The van der Waals surface area contributed by atoms with Crippen molar-refractivity contribution in [3.8, 4) is 11.5 Å². The number of halogens is 1. The third-order valence-corrected chi connectivity index (χ3v) is 4.82. The molecule has 0 spiro atoms. The Morgan fingerprint density at radius 2 is 1.75 bits per heavy atom. The van der Waals surface area contributed by atoms with Gasteiger partial charge in [-0.2, -0.15) is 0 Å². The van der Waals surface area contributed by atoms with Crippen LogP contribution in [0.5, 0.6) is 11.5 Å². The number of nitrogens with one attached hydrogen (secondary N) is 2. The number of aliphatic hydroxyl groups excluding tert-OH is 1. The molecule has 5 nitrogen and oxygen atoms in total. The maximum atomic E-state index is 13.9. The first kappa shape index (κ1) is 20.1. The molecule has 0 unspecified atom stereocenters. The zero-order valence-corrected chi connectivity index (χ0v) is 16.2. The van der Waals surface area contributed by atoms with Crippen LogP contribution in [0.15, 0.2) is 53.5 Å². The number of benzene rings is 2. The van der Waals surface area contributed by atoms with Gasteiger partial charge in [0.15, 0.2) is 17.5 Å². The molecule has 0 aliphatic heterocycles. The molecule has 28 heavy (non-hydrogen) atoms. The molecule has 0 saturated heterocycles. The van der Waals surface area contributed by atoms with Crippen molar-refractivity contribution >= 4 is 5.96 Å². The maximum Gasteiger partial charge on any atom is 0.191 e. The second-order valence-corrected chi connectivity index (χ2v) is 6.99. The van der Waals surface area contributed by atoms with Gasteiger partial charge in [-0.25, -0.2) is 9.38 Å². The van der Waals surface area contributed by atoms with Crippen LogP contribution >= 0.6 is 0 Å². The number of aliphatic hydroxyl groups is 1. The Kier molecular flexibility index (Phi) is 7.25. The van der Waals surface area contributed by atoms with Crippen LogP contribution in [0.1, 0.15) is 38.2 Å². The minimum absolute atomic E-state index is 0.181. The van der Waals surface area contributed by atoms with E-state index in [0.29, 0.717) is 18.3 Å². The van der Waals surface area contributed by atoms with Crippen molar-refractivity contribution in [1.82, 2.24) is 10.6 Å². The molecule has 1 aliphatic rings. The summed E-state index contributed by atoms with van der Waals surface area (Å²) in [6.07, 6.45) is 3.31. The summed E-state index contributed by atoms with van der Waals surface area (Å²) in [5.74, 6) is 1.14. The van der Waals surface area contributed by atoms with Gasteiger partial charge in [-0.3, -0.25) is 0 Å². The van der Waals surface area contributed by atoms with E-state index in [1.165, 1.54) is 6.07 Å². The molecule has 6 heteroatoms. The van der Waals surface area contributed by atoms with Gasteiger partial charge in [0, 0.05) is 18.2 Å². The summed E-state index contributed by atoms with van der Waals surface area (Å²) in [5, 5.41) is 16.4. The van der Waals surface area contributed by atoms with Crippen molar-refractivity contribution < 1.29 is 14.2 Å². The van der Waals surface area contributed by atoms with Crippen molar-refractivity contribution in [2.45, 2.75) is 51.3 Å². The fraction of sp³-hybridized carbons (Fsp3) is 0.409. The van der Waals surface area contributed by atoms with Crippen molar-refractivity contribution in [2.75, 3.05) is 6.54 Å². The highest BCUT2D eigenvalue weighted by molar-refractivity contribution is 5.80. The lowest BCUT2D eigenvalue weighted by atomic mass is 9.93. The Labute approximate surface area is 165 Å². The summed E-state index contributed by atoms with van der Waals surface area (Å²) in [6, 6.07) is 14.2. The molecule has 150 valence electrons. The number of rotatable bonds is 6. The summed E-state index contributed by atoms with van der Waals surface area (Å²) in [6.45, 7) is 3.20. The molecular weight excluding hydrogens is 357 g/mol. The Morgan fingerprint density at radius 3 is 2.46 bits per heavy atom. The zero-order valence-electron chi connectivity index (χ0n) is 16.2. The first-order chi connectivity index (χ1) is 13.7. The largest absolute Gasteiger partial charge is 0.454 e. The molecule has 1 fully saturated rings. The predicted molar refractivity (Wildman–Crippen MR) is 109 cm³/mol. The van der Waals surface area contributed by atoms with E-state index in [4.69, 9.17) is 4.74 Å². The lowest BCUT2D eigenvalue weighted by Gasteiger charge is -2.27. The summed E-state index contributed by atoms with van der Waals surface area (Å²) < 4.78 is 19.7. The Morgan fingerprint density at radius 1 is 1.07 bits per heavy atom. The van der Waals surface area contributed by atoms with Crippen LogP contribution in [-0.4, -0.2) is 29.8 Å². The minimum Gasteiger partial charge on any atom is -0.454 e. The van der Waals surface area contributed by atoms with Gasteiger partial charge in [-0.05, 0) is 50.8 Å². The molecule has 0 atom stereocenters. The fourth-order valence-corrected chi connectivity index (χ4v) is 3.28. The topological polar surface area (TPSA) is 65.9 Å². The molecule has 0 amide bonds. The highest BCUT2D eigenvalue weighted by Crippen LogP contribution is 2.27. The first-order valence-corrected chi connectivity index (χ1v) is 9.89. The normalized spacial score (nSPS) is 19.9. The van der Waals surface area contributed by atoms with Gasteiger partial charge in [-0.15, -0.1) is 0 Å². The molecule has 0 aromatic heterocycles. The molecule has 2 aromatic carbocycles. The van der Waals surface area contributed by atoms with Gasteiger partial charge in [0.05, 0.1) is 12.6 Å². The van der Waals surface area contributed by atoms with Gasteiger partial charge in [0.2, 0.25) is 0 Å². The monoisotopic (exact) mass is 385 g/mol. The number of aliphatic imine (C=N–C) groups is 1. The van der Waals surface area contributed by atoms with E-state index in [1.807, 2.05) is 31.2 Å². The lowest BCUT2D eigenvalue weighted by Crippen LogP contribution is -2.45. The molecule has 1 saturated carbocycles. The molecule has 2 aromatic rings. The average Bonchev–Trinajstić information content (AvgIpc) is 2.71. The van der Waals surface area contributed by atoms with Gasteiger partial charge < -0.3 is 20.5 Å². The van der Waals surface area contributed by atoms with Gasteiger partial charge in [-0.1, -0.05) is 30.3 Å². The van der Waals surface area contributed by atoms with E-state index in [0.717, 1.165) is 43.8 Å². The summed E-state index contributed by atoms with van der Waals surface area (Å²) in [4.78, 5) is 4.68. The Hall–Kier alpha value is -2.60. The zero-order chi connectivity index (χ0) is 19.8. The number of guanidine groups is 1. The second-order valence-electron chi connectivity index (χ2n) is 6.99. The van der Waals surface area contributed by atoms with Gasteiger partial charge >= 0.3 is 0 Å². The minimum atomic E-state index is -0.393. The predicted octanol–water partition coefficient (Wildman–Crippen LogP) is 3.98. The van der Waals surface area contributed by atoms with Crippen molar-refractivity contribution in [3.63, 3.8) is 0 Å². The summed E-state index contributed by atoms with van der Waals surface area (Å²) in [5.41, 5.74) is 0.877. The van der Waals surface area contributed by atoms with E-state index >= 15 is 0 Å². The van der Waals surface area contributed by atoms with Crippen LogP contribution in [0.3, 0.4) is 0 Å². The molecule has 3 N–H and O–H groups in total. The highest BCUT2D eigenvalue weighted by Gasteiger charge is 2.20. The van der Waals surface area contributed by atoms with E-state index < -0.39 is 5.82 Å². The average molecular weight is 385 g/mol. The standard InChI is InChI=1S/C22H28FN3O2/c1-2-24-22(26-17-11-13-18(27)14-12-17)25-15-16-7-3-5-9-20(16)28-21-10-6-4-8-19(21)23/h3-10,17-18,27H,2,11-15H2,1H3,(H2,24,25,26). The molecule has 0 heterocycles. The third-order valence-electron chi connectivity index (χ3n) is 4.82. The van der Waals surface area contributed by atoms with E-state index in [-0.39, 0.29) is 11.9 Å². The quantitative estimate of drug-likeness (QED) is 0.520. The van der Waals surface area contributed by atoms with Gasteiger partial charge in [0.1, 0.15) is 5.75 Å². The Bertz CT molecular complexity index is 789. The highest BCUT2D eigenvalue weighted by atomic mass is 19.1. The molecule has 0 radical (unpaired) electrons. The van der Waals surface area contributed by atoms with E-state index in [1.54, 1.807) is 18.2 Å². The van der Waals surface area contributed by atoms with Crippen molar-refractivity contribution in [2.24, 2.45) is 4.99 Å². The van der Waals surface area contributed by atoms with Crippen LogP contribution in [0.4, 0.5) is 4.39 Å². The van der Waals surface area contributed by atoms with E-state index in [9.17, 15) is 9.50 Å². The lowest BCUT2D eigenvalue weighted by molar-refractivity contribution is 0.120. The van der Waals surface area contributed by atoms with Crippen LogP contribution in [0.2, 0.25) is 0 Å². The third kappa shape index (κ3) is 5.70.